The predicted molar refractivity (Wildman–Crippen MR) is 113 cm³/mol. The molecule has 0 bridgehead atoms. The van der Waals surface area contributed by atoms with Gasteiger partial charge in [-0.25, -0.2) is 0 Å². The number of hydrogen-bond donors (Lipinski definition) is 1. The number of allylic oxidation sites excluding steroid dienone is 2. The zero-order valence-corrected chi connectivity index (χ0v) is 18.1. The van der Waals surface area contributed by atoms with Crippen molar-refractivity contribution in [1.29, 1.82) is 5.26 Å². The summed E-state index contributed by atoms with van der Waals surface area (Å²) in [7, 11) is 0. The minimum Gasteiger partial charge on any atom is -0.390 e. The molecule has 5 nitrogen and oxygen atoms in total. The number of hydrogen-bond acceptors (Lipinski definition) is 4. The Bertz CT molecular complexity index is 910. The van der Waals surface area contributed by atoms with Gasteiger partial charge in [-0.1, -0.05) is 19.1 Å². The van der Waals surface area contributed by atoms with Crippen LogP contribution in [0.2, 0.25) is 0 Å². The Labute approximate surface area is 179 Å². The largest absolute Gasteiger partial charge is 0.390 e. The minimum absolute atomic E-state index is 0.0104. The fourth-order valence-corrected chi connectivity index (χ4v) is 7.77. The van der Waals surface area contributed by atoms with Gasteiger partial charge >= 0.3 is 0 Å². The Morgan fingerprint density at radius 1 is 1.20 bits per heavy atom. The van der Waals surface area contributed by atoms with E-state index in [9.17, 15) is 9.90 Å². The molecular formula is C25H33N3O2. The highest BCUT2D eigenvalue weighted by Gasteiger charge is 2.57. The number of carbonyl (C=O) groups is 1. The van der Waals surface area contributed by atoms with E-state index in [0.717, 1.165) is 37.5 Å². The molecule has 4 aliphatic rings. The van der Waals surface area contributed by atoms with Crippen LogP contribution in [0.1, 0.15) is 64.4 Å². The van der Waals surface area contributed by atoms with Crippen LogP contribution >= 0.6 is 0 Å². The fourth-order valence-electron chi connectivity index (χ4n) is 7.77. The van der Waals surface area contributed by atoms with Gasteiger partial charge in [0.1, 0.15) is 12.6 Å². The van der Waals surface area contributed by atoms with Gasteiger partial charge in [0.05, 0.1) is 17.4 Å². The van der Waals surface area contributed by atoms with Gasteiger partial charge in [0, 0.05) is 12.1 Å². The summed E-state index contributed by atoms with van der Waals surface area (Å²) in [4.78, 5) is 13.2. The SMILES string of the molecule is C[C@@]1(O)CC[C@H]2[C@H](CC[C@@H]3[C@@H]2CC[C@]2(C)[C@@H](C(=O)Cn4cc(C#N)cn4)C=C[C@@H]32)C1. The third-order valence-corrected chi connectivity index (χ3v) is 9.18. The van der Waals surface area contributed by atoms with Crippen molar-refractivity contribution in [2.24, 2.45) is 40.9 Å². The molecule has 0 saturated heterocycles. The topological polar surface area (TPSA) is 78.9 Å². The van der Waals surface area contributed by atoms with Crippen LogP contribution in [-0.4, -0.2) is 26.3 Å². The van der Waals surface area contributed by atoms with Crippen molar-refractivity contribution < 1.29 is 9.90 Å². The van der Waals surface area contributed by atoms with E-state index in [2.05, 4.69) is 30.2 Å². The van der Waals surface area contributed by atoms with E-state index in [1.165, 1.54) is 25.5 Å². The fraction of sp³-hybridized carbons (Fsp3) is 0.720. The molecule has 0 aromatic carbocycles. The second-order valence-corrected chi connectivity index (χ2v) is 11.0. The van der Waals surface area contributed by atoms with Crippen molar-refractivity contribution in [3.05, 3.63) is 30.1 Å². The summed E-state index contributed by atoms with van der Waals surface area (Å²) < 4.78 is 1.61. The number of aromatic nitrogens is 2. The smallest absolute Gasteiger partial charge is 0.161 e. The molecule has 0 radical (unpaired) electrons. The molecule has 8 atom stereocenters. The molecule has 160 valence electrons. The highest BCUT2D eigenvalue weighted by atomic mass is 16.3. The maximum atomic E-state index is 13.2. The molecule has 0 amide bonds. The van der Waals surface area contributed by atoms with E-state index in [4.69, 9.17) is 5.26 Å². The van der Waals surface area contributed by atoms with Gasteiger partial charge in [-0.3, -0.25) is 9.48 Å². The lowest BCUT2D eigenvalue weighted by Gasteiger charge is -2.56. The molecule has 4 aliphatic carbocycles. The van der Waals surface area contributed by atoms with Crippen molar-refractivity contribution in [3.63, 3.8) is 0 Å². The van der Waals surface area contributed by atoms with Gasteiger partial charge in [0.15, 0.2) is 5.78 Å². The van der Waals surface area contributed by atoms with Gasteiger partial charge in [-0.05, 0) is 86.9 Å². The summed E-state index contributed by atoms with van der Waals surface area (Å²) in [5.41, 5.74) is 0.0358. The Balaban J connectivity index is 1.31. The highest BCUT2D eigenvalue weighted by Crippen LogP contribution is 2.62. The summed E-state index contributed by atoms with van der Waals surface area (Å²) in [6, 6.07) is 2.08. The summed E-state index contributed by atoms with van der Waals surface area (Å²) in [6.45, 7) is 4.59. The van der Waals surface area contributed by atoms with Gasteiger partial charge in [0.25, 0.3) is 0 Å². The average Bonchev–Trinajstić information content (AvgIpc) is 3.30. The Morgan fingerprint density at radius 2 is 2.00 bits per heavy atom. The van der Waals surface area contributed by atoms with Crippen LogP contribution in [0.25, 0.3) is 0 Å². The third-order valence-electron chi connectivity index (χ3n) is 9.18. The monoisotopic (exact) mass is 407 g/mol. The molecule has 0 unspecified atom stereocenters. The molecule has 0 spiro atoms. The molecular weight excluding hydrogens is 374 g/mol. The molecule has 1 aromatic heterocycles. The number of nitriles is 1. The molecule has 1 aromatic rings. The second-order valence-electron chi connectivity index (χ2n) is 11.0. The lowest BCUT2D eigenvalue weighted by Crippen LogP contribution is -2.51. The quantitative estimate of drug-likeness (QED) is 0.765. The van der Waals surface area contributed by atoms with E-state index in [1.807, 2.05) is 6.92 Å². The van der Waals surface area contributed by atoms with Gasteiger partial charge in [-0.2, -0.15) is 10.4 Å². The van der Waals surface area contributed by atoms with Crippen LogP contribution in [0.15, 0.2) is 24.5 Å². The van der Waals surface area contributed by atoms with E-state index >= 15 is 0 Å². The van der Waals surface area contributed by atoms with Crippen molar-refractivity contribution in [2.75, 3.05) is 0 Å². The predicted octanol–water partition coefficient (Wildman–Crippen LogP) is 4.12. The highest BCUT2D eigenvalue weighted by molar-refractivity contribution is 5.84. The maximum absolute atomic E-state index is 13.2. The molecule has 3 saturated carbocycles. The number of carbonyl (C=O) groups excluding carboxylic acids is 1. The molecule has 0 aliphatic heterocycles. The van der Waals surface area contributed by atoms with Crippen LogP contribution in [0, 0.1) is 52.3 Å². The van der Waals surface area contributed by atoms with E-state index < -0.39 is 5.60 Å². The zero-order valence-electron chi connectivity index (χ0n) is 18.1. The number of nitrogens with zero attached hydrogens (tertiary/aromatic N) is 3. The summed E-state index contributed by atoms with van der Waals surface area (Å²) in [6.07, 6.45) is 15.6. The van der Waals surface area contributed by atoms with Gasteiger partial charge in [0.2, 0.25) is 0 Å². The number of ketones is 1. The Hall–Kier alpha value is -1.93. The summed E-state index contributed by atoms with van der Waals surface area (Å²) in [5, 5.41) is 23.7. The normalized spacial score (nSPS) is 44.6. The Kier molecular flexibility index (Phi) is 4.70. The average molecular weight is 408 g/mol. The van der Waals surface area contributed by atoms with E-state index in [0.29, 0.717) is 23.3 Å². The number of Topliss-reactive ketones (excluding diaryl/α,β-unsaturated/α-hetero) is 1. The molecule has 3 fully saturated rings. The van der Waals surface area contributed by atoms with Crippen LogP contribution in [0.5, 0.6) is 0 Å². The van der Waals surface area contributed by atoms with E-state index in [1.54, 1.807) is 10.9 Å². The maximum Gasteiger partial charge on any atom is 0.161 e. The first kappa shape index (κ1) is 20.0. The van der Waals surface area contributed by atoms with Crippen LogP contribution in [0.4, 0.5) is 0 Å². The summed E-state index contributed by atoms with van der Waals surface area (Å²) >= 11 is 0. The zero-order chi connectivity index (χ0) is 21.1. The van der Waals surface area contributed by atoms with Crippen molar-refractivity contribution >= 4 is 5.78 Å². The first-order valence-corrected chi connectivity index (χ1v) is 11.7. The van der Waals surface area contributed by atoms with Gasteiger partial charge < -0.3 is 5.11 Å². The van der Waals surface area contributed by atoms with E-state index in [-0.39, 0.29) is 23.7 Å². The molecule has 5 rings (SSSR count). The standard InChI is InChI=1S/C25H33N3O2/c1-24(30)9-7-18-17(11-24)3-4-20-19(18)8-10-25(2)21(20)5-6-22(25)23(29)15-28-14-16(12-26)13-27-28/h5-6,13-14,17-22,30H,3-4,7-11,15H2,1-2H3/t17-,18+,19-,20-,21+,22-,24-,25+/m1/s1. The van der Waals surface area contributed by atoms with Gasteiger partial charge in [-0.15, -0.1) is 0 Å². The van der Waals surface area contributed by atoms with Crippen LogP contribution in [0.3, 0.4) is 0 Å². The van der Waals surface area contributed by atoms with Crippen LogP contribution < -0.4 is 0 Å². The minimum atomic E-state index is -0.472. The number of aliphatic hydroxyl groups is 1. The summed E-state index contributed by atoms with van der Waals surface area (Å²) in [5.74, 6) is 3.51. The first-order chi connectivity index (χ1) is 14.3. The second kappa shape index (κ2) is 7.05. The lowest BCUT2D eigenvalue weighted by molar-refractivity contribution is -0.131. The molecule has 1 N–H and O–H groups in total. The first-order valence-electron chi connectivity index (χ1n) is 11.7. The number of rotatable bonds is 3. The molecule has 30 heavy (non-hydrogen) atoms. The van der Waals surface area contributed by atoms with Crippen molar-refractivity contribution in [2.45, 2.75) is 70.9 Å². The lowest BCUT2D eigenvalue weighted by atomic mass is 9.48. The van der Waals surface area contributed by atoms with Crippen molar-refractivity contribution in [3.8, 4) is 6.07 Å². The van der Waals surface area contributed by atoms with Crippen molar-refractivity contribution in [1.82, 2.24) is 9.78 Å². The number of fused-ring (bicyclic) bond motifs is 5. The molecule has 5 heteroatoms. The Morgan fingerprint density at radius 3 is 2.77 bits per heavy atom. The molecule has 1 heterocycles. The van der Waals surface area contributed by atoms with Crippen LogP contribution in [-0.2, 0) is 11.3 Å². The third kappa shape index (κ3) is 3.15.